The van der Waals surface area contributed by atoms with Crippen LogP contribution in [-0.2, 0) is 14.3 Å². The summed E-state index contributed by atoms with van der Waals surface area (Å²) in [4.78, 5) is 11.4. The quantitative estimate of drug-likeness (QED) is 0.536. The van der Waals surface area contributed by atoms with E-state index in [1.54, 1.807) is 6.92 Å². The largest absolute Gasteiger partial charge is 0.465 e. The topological polar surface area (TPSA) is 38.8 Å². The molecule has 1 aliphatic heterocycles. The Kier molecular flexibility index (Phi) is 3.20. The highest BCUT2D eigenvalue weighted by molar-refractivity contribution is 5.65. The van der Waals surface area contributed by atoms with Crippen LogP contribution in [0, 0.1) is 33.5 Å². The Morgan fingerprint density at radius 1 is 1.04 bits per heavy atom. The van der Waals surface area contributed by atoms with Gasteiger partial charge in [0.15, 0.2) is 0 Å². The molecule has 3 heteroatoms. The Morgan fingerprint density at radius 3 is 2.56 bits per heavy atom. The summed E-state index contributed by atoms with van der Waals surface area (Å²) in [5, 5.41) is 0. The minimum absolute atomic E-state index is 0.126. The summed E-state index contributed by atoms with van der Waals surface area (Å²) < 4.78 is 11.8. The van der Waals surface area contributed by atoms with Crippen molar-refractivity contribution in [2.24, 2.45) is 33.5 Å². The van der Waals surface area contributed by atoms with E-state index in [4.69, 9.17) is 9.47 Å². The number of carbonyl (C=O) groups is 1. The van der Waals surface area contributed by atoms with Gasteiger partial charge in [0.25, 0.3) is 0 Å². The molecule has 0 aromatic rings. The summed E-state index contributed by atoms with van der Waals surface area (Å²) in [6.07, 6.45) is 11.8. The predicted octanol–water partition coefficient (Wildman–Crippen LogP) is 4.73. The van der Waals surface area contributed by atoms with Gasteiger partial charge in [0.05, 0.1) is 18.8 Å². The normalized spacial score (nSPS) is 58.7. The highest BCUT2D eigenvalue weighted by atomic mass is 16.6. The van der Waals surface area contributed by atoms with Gasteiger partial charge in [-0.05, 0) is 67.6 Å². The summed E-state index contributed by atoms with van der Waals surface area (Å²) in [6, 6.07) is 0. The molecule has 25 heavy (non-hydrogen) atoms. The predicted molar refractivity (Wildman–Crippen MR) is 96.0 cm³/mol. The molecule has 2 unspecified atom stereocenters. The molecule has 0 aromatic heterocycles. The van der Waals surface area contributed by atoms with Gasteiger partial charge >= 0.3 is 5.97 Å². The Morgan fingerprint density at radius 2 is 1.80 bits per heavy atom. The fourth-order valence-corrected chi connectivity index (χ4v) is 8.70. The fraction of sp³-hybridized carbons (Fsp3) is 0.955. The maximum Gasteiger partial charge on any atom is 0.302 e. The molecular formula is C22H34O3. The number of ether oxygens (including phenoxy) is 2. The molecule has 8 atom stereocenters. The first-order chi connectivity index (χ1) is 11.7. The van der Waals surface area contributed by atoms with Crippen molar-refractivity contribution in [1.82, 2.24) is 0 Å². The number of hydrogen-bond donors (Lipinski definition) is 0. The van der Waals surface area contributed by atoms with E-state index in [-0.39, 0.29) is 11.4 Å². The fourth-order valence-electron chi connectivity index (χ4n) is 8.70. The zero-order valence-electron chi connectivity index (χ0n) is 16.4. The van der Waals surface area contributed by atoms with Gasteiger partial charge in [-0.15, -0.1) is 0 Å². The molecule has 0 radical (unpaired) electrons. The summed E-state index contributed by atoms with van der Waals surface area (Å²) >= 11 is 0. The third kappa shape index (κ3) is 2.00. The molecule has 5 fully saturated rings. The molecule has 0 amide bonds. The van der Waals surface area contributed by atoms with E-state index in [0.29, 0.717) is 41.0 Å². The maximum absolute atomic E-state index is 11.4. The van der Waals surface area contributed by atoms with Gasteiger partial charge in [-0.25, -0.2) is 0 Å². The number of esters is 1. The first-order valence-corrected chi connectivity index (χ1v) is 10.5. The van der Waals surface area contributed by atoms with Crippen LogP contribution in [0.2, 0.25) is 0 Å². The van der Waals surface area contributed by atoms with Crippen molar-refractivity contribution in [2.45, 2.75) is 91.3 Å². The summed E-state index contributed by atoms with van der Waals surface area (Å²) in [5.74, 6) is 1.37. The number of hydrogen-bond acceptors (Lipinski definition) is 3. The van der Waals surface area contributed by atoms with Crippen molar-refractivity contribution in [3.8, 4) is 0 Å². The number of fused-ring (bicyclic) bond motifs is 5. The molecular weight excluding hydrogens is 312 g/mol. The lowest BCUT2D eigenvalue weighted by molar-refractivity contribution is -0.187. The molecule has 4 saturated carbocycles. The molecule has 2 bridgehead atoms. The lowest BCUT2D eigenvalue weighted by Gasteiger charge is -2.65. The first-order valence-electron chi connectivity index (χ1n) is 10.5. The van der Waals surface area contributed by atoms with Gasteiger partial charge in [0.1, 0.15) is 0 Å². The van der Waals surface area contributed by atoms with Crippen molar-refractivity contribution < 1.29 is 14.3 Å². The van der Waals surface area contributed by atoms with Gasteiger partial charge < -0.3 is 9.47 Å². The average Bonchev–Trinajstić information content (AvgIpc) is 3.31. The van der Waals surface area contributed by atoms with Crippen molar-refractivity contribution in [2.75, 3.05) is 6.61 Å². The summed E-state index contributed by atoms with van der Waals surface area (Å²) in [7, 11) is 0. The van der Waals surface area contributed by atoms with Crippen LogP contribution in [0.15, 0.2) is 0 Å². The molecule has 3 nitrogen and oxygen atoms in total. The van der Waals surface area contributed by atoms with Gasteiger partial charge in [-0.1, -0.05) is 27.2 Å². The molecule has 140 valence electrons. The van der Waals surface area contributed by atoms with Gasteiger partial charge in [-0.2, -0.15) is 0 Å². The highest BCUT2D eigenvalue weighted by Crippen LogP contribution is 2.77. The molecule has 5 aliphatic rings. The third-order valence-corrected chi connectivity index (χ3v) is 9.58. The van der Waals surface area contributed by atoms with Crippen LogP contribution in [0.3, 0.4) is 0 Å². The second-order valence-corrected chi connectivity index (χ2v) is 11.0. The monoisotopic (exact) mass is 346 g/mol. The zero-order valence-corrected chi connectivity index (χ0v) is 16.4. The van der Waals surface area contributed by atoms with Crippen molar-refractivity contribution in [3.63, 3.8) is 0 Å². The Hall–Kier alpha value is -0.570. The third-order valence-electron chi connectivity index (χ3n) is 9.58. The lowest BCUT2D eigenvalue weighted by atomic mass is 9.40. The maximum atomic E-state index is 11.4. The van der Waals surface area contributed by atoms with Crippen LogP contribution < -0.4 is 0 Å². The van der Waals surface area contributed by atoms with E-state index in [2.05, 4.69) is 20.8 Å². The minimum atomic E-state index is -0.126. The second kappa shape index (κ2) is 4.82. The SMILES string of the molecule is CC(=O)OC[C@]1(C)CCC[C@]2(C)[C@@H]1CC[C@@]13C[C@@](C)(CC[C@H]12)C1OC13. The summed E-state index contributed by atoms with van der Waals surface area (Å²) in [5.41, 5.74) is 1.47. The lowest BCUT2D eigenvalue weighted by Crippen LogP contribution is -2.59. The molecule has 4 aliphatic carbocycles. The molecule has 1 heterocycles. The number of carbonyl (C=O) groups excluding carboxylic acids is 1. The van der Waals surface area contributed by atoms with E-state index in [1.165, 1.54) is 51.4 Å². The van der Waals surface area contributed by atoms with Gasteiger partial charge in [0, 0.05) is 17.8 Å². The molecule has 0 aromatic carbocycles. The molecule has 1 spiro atoms. The van der Waals surface area contributed by atoms with Gasteiger partial charge in [-0.3, -0.25) is 4.79 Å². The standard InChI is InChI=1S/C22H34O3/c1-14(23)24-13-20(3)8-5-9-21(4)15(20)7-11-22-12-19(2,10-6-16(21)22)17-18(22)25-17/h15-18H,5-13H2,1-4H3/t15-,16+,17?,18?,19-,20+,21-,22-/m1/s1. The second-order valence-electron chi connectivity index (χ2n) is 11.0. The molecule has 0 N–H and O–H groups in total. The van der Waals surface area contributed by atoms with Crippen LogP contribution in [-0.4, -0.2) is 24.8 Å². The zero-order chi connectivity index (χ0) is 17.7. The number of epoxide rings is 1. The van der Waals surface area contributed by atoms with Crippen LogP contribution in [0.1, 0.15) is 79.1 Å². The highest BCUT2D eigenvalue weighted by Gasteiger charge is 2.77. The van der Waals surface area contributed by atoms with E-state index < -0.39 is 0 Å². The summed E-state index contributed by atoms with van der Waals surface area (Å²) in [6.45, 7) is 9.64. The van der Waals surface area contributed by atoms with Gasteiger partial charge in [0.2, 0.25) is 0 Å². The van der Waals surface area contributed by atoms with E-state index >= 15 is 0 Å². The molecule has 5 rings (SSSR count). The molecule has 1 saturated heterocycles. The van der Waals surface area contributed by atoms with Crippen LogP contribution in [0.4, 0.5) is 0 Å². The van der Waals surface area contributed by atoms with Crippen molar-refractivity contribution >= 4 is 5.97 Å². The smallest absolute Gasteiger partial charge is 0.302 e. The van der Waals surface area contributed by atoms with Crippen LogP contribution in [0.5, 0.6) is 0 Å². The number of rotatable bonds is 2. The Labute approximate surface area is 152 Å². The van der Waals surface area contributed by atoms with E-state index in [1.807, 2.05) is 0 Å². The van der Waals surface area contributed by atoms with E-state index in [0.717, 1.165) is 5.92 Å². The van der Waals surface area contributed by atoms with Crippen LogP contribution >= 0.6 is 0 Å². The minimum Gasteiger partial charge on any atom is -0.465 e. The average molecular weight is 347 g/mol. The van der Waals surface area contributed by atoms with E-state index in [9.17, 15) is 4.79 Å². The van der Waals surface area contributed by atoms with Crippen molar-refractivity contribution in [3.05, 3.63) is 0 Å². The van der Waals surface area contributed by atoms with Crippen molar-refractivity contribution in [1.29, 1.82) is 0 Å². The Balaban J connectivity index is 1.48. The Bertz CT molecular complexity index is 616. The van der Waals surface area contributed by atoms with Crippen LogP contribution in [0.25, 0.3) is 0 Å². The first kappa shape index (κ1) is 16.6.